The fourth-order valence-corrected chi connectivity index (χ4v) is 6.09. The molecule has 0 amide bonds. The predicted molar refractivity (Wildman–Crippen MR) is 95.2 cm³/mol. The smallest absolute Gasteiger partial charge is 0.182 e. The van der Waals surface area contributed by atoms with Gasteiger partial charge in [-0.25, -0.2) is 8.42 Å². The summed E-state index contributed by atoms with van der Waals surface area (Å²) in [6.45, 7) is -0.220. The van der Waals surface area contributed by atoms with Crippen LogP contribution in [0, 0.1) is 5.41 Å². The minimum absolute atomic E-state index is 0.0777. The van der Waals surface area contributed by atoms with Gasteiger partial charge >= 0.3 is 0 Å². The first-order valence-electron chi connectivity index (χ1n) is 7.42. The number of nitrogens with two attached hydrogens (primary N) is 1. The van der Waals surface area contributed by atoms with E-state index in [-0.39, 0.29) is 24.0 Å². The summed E-state index contributed by atoms with van der Waals surface area (Å²) >= 11 is 11.7. The third-order valence-corrected chi connectivity index (χ3v) is 7.60. The van der Waals surface area contributed by atoms with Crippen molar-refractivity contribution in [2.75, 3.05) is 13.2 Å². The summed E-state index contributed by atoms with van der Waals surface area (Å²) in [6.07, 6.45) is 0. The van der Waals surface area contributed by atoms with Crippen LogP contribution in [0.5, 0.6) is 0 Å². The van der Waals surface area contributed by atoms with Crippen molar-refractivity contribution in [2.45, 2.75) is 16.1 Å². The van der Waals surface area contributed by atoms with Gasteiger partial charge in [0.2, 0.25) is 0 Å². The highest BCUT2D eigenvalue weighted by atomic mass is 35.5. The number of hydrogen-bond acceptors (Lipinski definition) is 4. The lowest BCUT2D eigenvalue weighted by molar-refractivity contribution is 0.212. The Labute approximate surface area is 151 Å². The minimum Gasteiger partial charge on any atom is -0.396 e. The van der Waals surface area contributed by atoms with E-state index in [1.54, 1.807) is 24.3 Å². The van der Waals surface area contributed by atoms with Gasteiger partial charge in [-0.2, -0.15) is 0 Å². The summed E-state index contributed by atoms with van der Waals surface area (Å²) in [5.74, 6) is -0.370. The number of halogens is 2. The first-order chi connectivity index (χ1) is 11.4. The number of benzene rings is 2. The fraction of sp³-hybridized carbons (Fsp3) is 0.294. The van der Waals surface area contributed by atoms with Crippen LogP contribution in [0.15, 0.2) is 53.4 Å². The lowest BCUT2D eigenvalue weighted by atomic mass is 10.0. The van der Waals surface area contributed by atoms with Crippen LogP contribution in [-0.2, 0) is 9.84 Å². The van der Waals surface area contributed by atoms with Crippen molar-refractivity contribution in [2.24, 2.45) is 11.1 Å². The van der Waals surface area contributed by atoms with E-state index in [4.69, 9.17) is 28.9 Å². The molecule has 1 saturated carbocycles. The maximum absolute atomic E-state index is 13.1. The van der Waals surface area contributed by atoms with Gasteiger partial charge in [0.15, 0.2) is 9.84 Å². The normalized spacial score (nSPS) is 26.3. The lowest BCUT2D eigenvalue weighted by Crippen LogP contribution is -2.27. The molecule has 0 spiro atoms. The molecule has 1 aliphatic carbocycles. The Morgan fingerprint density at radius 2 is 1.50 bits per heavy atom. The molecule has 1 aliphatic rings. The Kier molecular flexibility index (Phi) is 4.66. The topological polar surface area (TPSA) is 80.4 Å². The third kappa shape index (κ3) is 2.74. The molecule has 3 rings (SSSR count). The van der Waals surface area contributed by atoms with Gasteiger partial charge in [0, 0.05) is 27.9 Å². The quantitative estimate of drug-likeness (QED) is 0.828. The van der Waals surface area contributed by atoms with Crippen LogP contribution in [0.1, 0.15) is 11.5 Å². The molecule has 3 atom stereocenters. The Hall–Kier alpha value is -1.11. The van der Waals surface area contributed by atoms with Gasteiger partial charge in [0.05, 0.1) is 16.8 Å². The first kappa shape index (κ1) is 17.7. The monoisotopic (exact) mass is 385 g/mol. The van der Waals surface area contributed by atoms with E-state index >= 15 is 0 Å². The van der Waals surface area contributed by atoms with Crippen molar-refractivity contribution in [1.29, 1.82) is 0 Å². The van der Waals surface area contributed by atoms with E-state index in [1.807, 2.05) is 0 Å². The van der Waals surface area contributed by atoms with E-state index in [9.17, 15) is 13.5 Å². The van der Waals surface area contributed by atoms with Crippen molar-refractivity contribution in [3.05, 3.63) is 64.1 Å². The van der Waals surface area contributed by atoms with Crippen molar-refractivity contribution >= 4 is 33.0 Å². The number of rotatable bonds is 5. The molecule has 24 heavy (non-hydrogen) atoms. The zero-order chi connectivity index (χ0) is 17.5. The van der Waals surface area contributed by atoms with Crippen LogP contribution < -0.4 is 5.73 Å². The average Bonchev–Trinajstić information content (AvgIpc) is 3.26. The molecule has 0 saturated heterocycles. The molecule has 0 unspecified atom stereocenters. The number of hydrogen-bond donors (Lipinski definition) is 2. The standard InChI is InChI=1S/C17H17Cl2NO3S/c18-12-3-1-11(2-4-12)15-16(17(15,9-20)10-21)24(22,23)14-7-5-13(19)6-8-14/h1-8,15-16,21H,9-10,20H2/t15-,16+,17-/m1/s1. The molecule has 2 aromatic carbocycles. The second-order valence-electron chi connectivity index (χ2n) is 6.04. The number of aliphatic hydroxyl groups excluding tert-OH is 1. The summed E-state index contributed by atoms with van der Waals surface area (Å²) < 4.78 is 26.1. The molecule has 128 valence electrons. The van der Waals surface area contributed by atoms with Gasteiger partial charge < -0.3 is 10.8 Å². The summed E-state index contributed by atoms with van der Waals surface area (Å²) in [5, 5.41) is 10.1. The maximum atomic E-state index is 13.1. The summed E-state index contributed by atoms with van der Waals surface area (Å²) in [7, 11) is -3.65. The van der Waals surface area contributed by atoms with Crippen LogP contribution in [0.2, 0.25) is 10.0 Å². The minimum atomic E-state index is -3.65. The van der Waals surface area contributed by atoms with Gasteiger partial charge in [-0.15, -0.1) is 0 Å². The molecule has 0 aliphatic heterocycles. The summed E-state index contributed by atoms with van der Waals surface area (Å²) in [6, 6.07) is 13.0. The molecule has 0 bridgehead atoms. The highest BCUT2D eigenvalue weighted by Gasteiger charge is 2.70. The van der Waals surface area contributed by atoms with Crippen molar-refractivity contribution < 1.29 is 13.5 Å². The third-order valence-electron chi connectivity index (χ3n) is 4.76. The Morgan fingerprint density at radius 1 is 1.00 bits per heavy atom. The molecule has 7 heteroatoms. The predicted octanol–water partition coefficient (Wildman–Crippen LogP) is 2.87. The van der Waals surface area contributed by atoms with Crippen LogP contribution >= 0.6 is 23.2 Å². The van der Waals surface area contributed by atoms with Gasteiger partial charge in [0.25, 0.3) is 0 Å². The van der Waals surface area contributed by atoms with Crippen LogP contribution in [0.3, 0.4) is 0 Å². The maximum Gasteiger partial charge on any atom is 0.182 e. The summed E-state index contributed by atoms with van der Waals surface area (Å²) in [5.41, 5.74) is 5.78. The Bertz CT molecular complexity index is 831. The molecular formula is C17H17Cl2NO3S. The molecule has 1 fully saturated rings. The van der Waals surface area contributed by atoms with Crippen LogP contribution in [0.4, 0.5) is 0 Å². The Balaban J connectivity index is 2.04. The molecule has 0 radical (unpaired) electrons. The van der Waals surface area contributed by atoms with Gasteiger partial charge in [-0.05, 0) is 42.0 Å². The zero-order valence-electron chi connectivity index (χ0n) is 12.7. The van der Waals surface area contributed by atoms with Gasteiger partial charge in [0.1, 0.15) is 0 Å². The largest absolute Gasteiger partial charge is 0.396 e. The van der Waals surface area contributed by atoms with Crippen LogP contribution in [0.25, 0.3) is 0 Å². The van der Waals surface area contributed by atoms with Crippen molar-refractivity contribution in [1.82, 2.24) is 0 Å². The van der Waals surface area contributed by atoms with E-state index in [0.717, 1.165) is 5.56 Å². The van der Waals surface area contributed by atoms with E-state index in [2.05, 4.69) is 0 Å². The lowest BCUT2D eigenvalue weighted by Gasteiger charge is -2.12. The molecule has 0 aromatic heterocycles. The molecule has 2 aromatic rings. The molecule has 4 nitrogen and oxygen atoms in total. The number of aliphatic hydroxyl groups is 1. The van der Waals surface area contributed by atoms with Crippen LogP contribution in [-0.4, -0.2) is 31.9 Å². The first-order valence-corrected chi connectivity index (χ1v) is 9.73. The van der Waals surface area contributed by atoms with Crippen molar-refractivity contribution in [3.63, 3.8) is 0 Å². The zero-order valence-corrected chi connectivity index (χ0v) is 15.0. The molecular weight excluding hydrogens is 369 g/mol. The Morgan fingerprint density at radius 3 is 1.96 bits per heavy atom. The van der Waals surface area contributed by atoms with Crippen molar-refractivity contribution in [3.8, 4) is 0 Å². The highest BCUT2D eigenvalue weighted by molar-refractivity contribution is 7.92. The number of sulfone groups is 1. The second-order valence-corrected chi connectivity index (χ2v) is 8.99. The fourth-order valence-electron chi connectivity index (χ4n) is 3.39. The SMILES string of the molecule is NC[C@@]1(CO)[C@H](c2ccc(Cl)cc2)[C@@H]1S(=O)(=O)c1ccc(Cl)cc1. The van der Waals surface area contributed by atoms with Gasteiger partial charge in [-0.1, -0.05) is 35.3 Å². The highest BCUT2D eigenvalue weighted by Crippen LogP contribution is 2.63. The van der Waals surface area contributed by atoms with E-state index in [0.29, 0.717) is 10.0 Å². The van der Waals surface area contributed by atoms with E-state index in [1.165, 1.54) is 24.3 Å². The summed E-state index contributed by atoms with van der Waals surface area (Å²) in [4.78, 5) is 0.180. The molecule has 3 N–H and O–H groups in total. The van der Waals surface area contributed by atoms with Gasteiger partial charge in [-0.3, -0.25) is 0 Å². The second kappa shape index (κ2) is 6.32. The molecule has 0 heterocycles. The van der Waals surface area contributed by atoms with E-state index < -0.39 is 20.5 Å². The average molecular weight is 386 g/mol.